The number of amides is 2. The van der Waals surface area contributed by atoms with E-state index < -0.39 is 5.41 Å². The molecule has 2 N–H and O–H groups in total. The Balaban J connectivity index is 3.06. The van der Waals surface area contributed by atoms with E-state index in [1.807, 2.05) is 20.8 Å². The molecule has 0 radical (unpaired) electrons. The van der Waals surface area contributed by atoms with Gasteiger partial charge in [0.2, 0.25) is 11.8 Å². The standard InChI is InChI=1S/C12H20N2O2S/c1-4-6-7-12(8(3)5-2)9(15)13-11(17)14-10(12)16/h8H,4-7H2,1-3H3,(H2,13,14,15,16,17)/t8-/m1/s1. The van der Waals surface area contributed by atoms with E-state index in [-0.39, 0.29) is 22.8 Å². The number of thiocarbonyl (C=S) groups is 1. The van der Waals surface area contributed by atoms with Gasteiger partial charge in [-0.2, -0.15) is 0 Å². The van der Waals surface area contributed by atoms with Crippen LogP contribution in [0.3, 0.4) is 0 Å². The number of nitrogens with one attached hydrogen (secondary N) is 2. The van der Waals surface area contributed by atoms with Crippen molar-refractivity contribution in [3.05, 3.63) is 0 Å². The number of rotatable bonds is 5. The van der Waals surface area contributed by atoms with Crippen molar-refractivity contribution in [2.75, 3.05) is 0 Å². The molecular weight excluding hydrogens is 236 g/mol. The summed E-state index contributed by atoms with van der Waals surface area (Å²) in [5, 5.41) is 5.29. The van der Waals surface area contributed by atoms with E-state index in [0.717, 1.165) is 19.3 Å². The van der Waals surface area contributed by atoms with E-state index >= 15 is 0 Å². The van der Waals surface area contributed by atoms with Crippen molar-refractivity contribution in [2.45, 2.75) is 46.5 Å². The highest BCUT2D eigenvalue weighted by atomic mass is 32.1. The third-order valence-electron chi connectivity index (χ3n) is 3.64. The van der Waals surface area contributed by atoms with Crippen molar-refractivity contribution in [3.63, 3.8) is 0 Å². The normalized spacial score (nSPS) is 20.8. The molecule has 0 aromatic carbocycles. The van der Waals surface area contributed by atoms with Gasteiger partial charge in [-0.15, -0.1) is 0 Å². The molecule has 5 heteroatoms. The quantitative estimate of drug-likeness (QED) is 0.582. The molecule has 96 valence electrons. The largest absolute Gasteiger partial charge is 0.302 e. The average molecular weight is 256 g/mol. The molecule has 1 saturated heterocycles. The predicted molar refractivity (Wildman–Crippen MR) is 70.3 cm³/mol. The Kier molecular flexibility index (Phi) is 4.62. The smallest absolute Gasteiger partial charge is 0.242 e. The van der Waals surface area contributed by atoms with E-state index in [1.54, 1.807) is 0 Å². The van der Waals surface area contributed by atoms with Crippen molar-refractivity contribution in [1.29, 1.82) is 0 Å². The fourth-order valence-corrected chi connectivity index (χ4v) is 2.47. The maximum atomic E-state index is 12.2. The molecule has 1 fully saturated rings. The monoisotopic (exact) mass is 256 g/mol. The average Bonchev–Trinajstić information content (AvgIpc) is 2.27. The first-order valence-corrected chi connectivity index (χ1v) is 6.56. The van der Waals surface area contributed by atoms with E-state index in [9.17, 15) is 9.59 Å². The van der Waals surface area contributed by atoms with Crippen molar-refractivity contribution in [2.24, 2.45) is 11.3 Å². The lowest BCUT2D eigenvalue weighted by Gasteiger charge is -2.39. The van der Waals surface area contributed by atoms with Gasteiger partial charge in [-0.05, 0) is 24.6 Å². The fourth-order valence-electron chi connectivity index (χ4n) is 2.29. The molecule has 0 bridgehead atoms. The second-order valence-corrected chi connectivity index (χ2v) is 5.03. The maximum absolute atomic E-state index is 12.2. The molecule has 0 unspecified atom stereocenters. The first-order chi connectivity index (χ1) is 7.98. The number of carbonyl (C=O) groups is 2. The summed E-state index contributed by atoms with van der Waals surface area (Å²) >= 11 is 4.83. The molecule has 2 amide bonds. The van der Waals surface area contributed by atoms with Gasteiger partial charge in [0, 0.05) is 0 Å². The number of hydrogen-bond acceptors (Lipinski definition) is 3. The molecule has 0 aromatic rings. The van der Waals surface area contributed by atoms with Crippen LogP contribution in [0.4, 0.5) is 0 Å². The second kappa shape index (κ2) is 5.58. The Bertz CT molecular complexity index is 321. The highest BCUT2D eigenvalue weighted by molar-refractivity contribution is 7.80. The number of unbranched alkanes of at least 4 members (excludes halogenated alkanes) is 1. The molecule has 0 aromatic heterocycles. The third-order valence-corrected chi connectivity index (χ3v) is 3.85. The number of hydrogen-bond donors (Lipinski definition) is 2. The van der Waals surface area contributed by atoms with Crippen LogP contribution in [0, 0.1) is 11.3 Å². The zero-order valence-electron chi connectivity index (χ0n) is 10.6. The van der Waals surface area contributed by atoms with Gasteiger partial charge in [0.05, 0.1) is 0 Å². The van der Waals surface area contributed by atoms with Crippen LogP contribution in [0.2, 0.25) is 0 Å². The minimum atomic E-state index is -0.951. The van der Waals surface area contributed by atoms with Gasteiger partial charge in [0.15, 0.2) is 5.11 Å². The van der Waals surface area contributed by atoms with Gasteiger partial charge in [-0.1, -0.05) is 40.0 Å². The van der Waals surface area contributed by atoms with E-state index in [1.165, 1.54) is 0 Å². The lowest BCUT2D eigenvalue weighted by atomic mass is 9.69. The van der Waals surface area contributed by atoms with Crippen molar-refractivity contribution >= 4 is 29.1 Å². The van der Waals surface area contributed by atoms with Crippen LogP contribution in [0.15, 0.2) is 0 Å². The zero-order valence-corrected chi connectivity index (χ0v) is 11.4. The second-order valence-electron chi connectivity index (χ2n) is 4.62. The highest BCUT2D eigenvalue weighted by Gasteiger charge is 2.51. The van der Waals surface area contributed by atoms with Crippen LogP contribution in [0.5, 0.6) is 0 Å². The van der Waals surface area contributed by atoms with Crippen molar-refractivity contribution in [1.82, 2.24) is 10.6 Å². The minimum absolute atomic E-state index is 0.0112. The molecule has 0 spiro atoms. The van der Waals surface area contributed by atoms with Crippen molar-refractivity contribution in [3.8, 4) is 0 Å². The topological polar surface area (TPSA) is 58.2 Å². The number of carbonyl (C=O) groups excluding carboxylic acids is 2. The molecule has 1 rings (SSSR count). The third kappa shape index (κ3) is 2.49. The first kappa shape index (κ1) is 14.1. The summed E-state index contributed by atoms with van der Waals surface area (Å²) in [6.07, 6.45) is 3.19. The molecule has 0 saturated carbocycles. The summed E-state index contributed by atoms with van der Waals surface area (Å²) in [5.41, 5.74) is -0.951. The summed E-state index contributed by atoms with van der Waals surface area (Å²) < 4.78 is 0. The van der Waals surface area contributed by atoms with Crippen LogP contribution in [0.25, 0.3) is 0 Å². The Morgan fingerprint density at radius 3 is 2.18 bits per heavy atom. The van der Waals surface area contributed by atoms with E-state index in [2.05, 4.69) is 10.6 Å². The SMILES string of the molecule is CCCCC1([C@H](C)CC)C(=O)NC(=S)NC1=O. The Hall–Kier alpha value is -0.970. The maximum Gasteiger partial charge on any atom is 0.242 e. The van der Waals surface area contributed by atoms with E-state index in [0.29, 0.717) is 6.42 Å². The fraction of sp³-hybridized carbons (Fsp3) is 0.750. The first-order valence-electron chi connectivity index (χ1n) is 6.15. The predicted octanol–water partition coefficient (Wildman–Crippen LogP) is 1.74. The molecule has 1 aliphatic heterocycles. The Morgan fingerprint density at radius 1 is 1.24 bits per heavy atom. The van der Waals surface area contributed by atoms with Gasteiger partial charge in [0.1, 0.15) is 5.41 Å². The van der Waals surface area contributed by atoms with Gasteiger partial charge in [-0.3, -0.25) is 9.59 Å². The Morgan fingerprint density at radius 2 is 1.76 bits per heavy atom. The van der Waals surface area contributed by atoms with Crippen LogP contribution in [0.1, 0.15) is 46.5 Å². The van der Waals surface area contributed by atoms with Crippen LogP contribution >= 0.6 is 12.2 Å². The highest BCUT2D eigenvalue weighted by Crippen LogP contribution is 2.37. The molecule has 1 atom stereocenters. The van der Waals surface area contributed by atoms with Crippen LogP contribution < -0.4 is 10.6 Å². The molecular formula is C12H20N2O2S. The minimum Gasteiger partial charge on any atom is -0.302 e. The van der Waals surface area contributed by atoms with Gasteiger partial charge in [-0.25, -0.2) is 0 Å². The summed E-state index contributed by atoms with van der Waals surface area (Å²) in [4.78, 5) is 24.4. The van der Waals surface area contributed by atoms with E-state index in [4.69, 9.17) is 12.2 Å². The Labute approximate surface area is 108 Å². The van der Waals surface area contributed by atoms with Gasteiger partial charge >= 0.3 is 0 Å². The molecule has 1 aliphatic rings. The summed E-state index contributed by atoms with van der Waals surface area (Å²) in [6.45, 7) is 5.99. The lowest BCUT2D eigenvalue weighted by molar-refractivity contribution is -0.148. The molecule has 1 heterocycles. The lowest BCUT2D eigenvalue weighted by Crippen LogP contribution is -2.64. The summed E-state index contributed by atoms with van der Waals surface area (Å²) in [7, 11) is 0. The molecule has 0 aliphatic carbocycles. The summed E-state index contributed by atoms with van der Waals surface area (Å²) in [5.74, 6) is -0.472. The molecule has 17 heavy (non-hydrogen) atoms. The zero-order chi connectivity index (χ0) is 13.1. The van der Waals surface area contributed by atoms with Gasteiger partial charge < -0.3 is 10.6 Å². The summed E-state index contributed by atoms with van der Waals surface area (Å²) in [6, 6.07) is 0. The van der Waals surface area contributed by atoms with Gasteiger partial charge in [0.25, 0.3) is 0 Å². The van der Waals surface area contributed by atoms with Crippen LogP contribution in [-0.2, 0) is 9.59 Å². The van der Waals surface area contributed by atoms with Crippen LogP contribution in [-0.4, -0.2) is 16.9 Å². The molecule has 4 nitrogen and oxygen atoms in total. The van der Waals surface area contributed by atoms with Crippen molar-refractivity contribution < 1.29 is 9.59 Å².